The molecular formula is C15H21N5O4. The fraction of sp³-hybridized carbons (Fsp3) is 0.600. The van der Waals surface area contributed by atoms with Crippen LogP contribution in [-0.2, 0) is 16.6 Å². The van der Waals surface area contributed by atoms with Gasteiger partial charge in [0.2, 0.25) is 11.8 Å². The maximum absolute atomic E-state index is 12.1. The quantitative estimate of drug-likeness (QED) is 0.549. The van der Waals surface area contributed by atoms with E-state index in [1.807, 2.05) is 0 Å². The lowest BCUT2D eigenvalue weighted by Crippen LogP contribution is -2.58. The monoisotopic (exact) mass is 335 g/mol. The van der Waals surface area contributed by atoms with Crippen molar-refractivity contribution in [3.05, 3.63) is 22.4 Å². The molecule has 1 aromatic heterocycles. The Bertz CT molecular complexity index is 716. The van der Waals surface area contributed by atoms with Crippen LogP contribution in [0, 0.1) is 0 Å². The third kappa shape index (κ3) is 3.34. The Balaban J connectivity index is 1.43. The molecule has 0 bridgehead atoms. The molecule has 1 aliphatic carbocycles. The largest absolute Gasteiger partial charge is 0.351 e. The number of amides is 3. The molecule has 1 saturated heterocycles. The van der Waals surface area contributed by atoms with Crippen LogP contribution in [0.5, 0.6) is 0 Å². The van der Waals surface area contributed by atoms with Gasteiger partial charge in [-0.05, 0) is 25.7 Å². The van der Waals surface area contributed by atoms with Crippen LogP contribution in [-0.4, -0.2) is 45.4 Å². The number of hydrogen-bond donors (Lipinski definition) is 4. The predicted molar refractivity (Wildman–Crippen MR) is 84.2 cm³/mol. The minimum Gasteiger partial charge on any atom is -0.351 e. The lowest BCUT2D eigenvalue weighted by molar-refractivity contribution is -0.131. The Kier molecular flexibility index (Phi) is 4.41. The number of carbonyl (C=O) groups excluding carboxylic acids is 3. The van der Waals surface area contributed by atoms with Gasteiger partial charge in [0.25, 0.3) is 5.91 Å². The van der Waals surface area contributed by atoms with E-state index in [-0.39, 0.29) is 41.2 Å². The summed E-state index contributed by atoms with van der Waals surface area (Å²) in [7, 11) is 1.52. The van der Waals surface area contributed by atoms with Gasteiger partial charge < -0.3 is 20.9 Å². The highest BCUT2D eigenvalue weighted by molar-refractivity contribution is 5.92. The zero-order valence-corrected chi connectivity index (χ0v) is 13.4. The lowest BCUT2D eigenvalue weighted by atomic mass is 9.86. The molecule has 2 heterocycles. The smallest absolute Gasteiger partial charge is 0.325 e. The maximum Gasteiger partial charge on any atom is 0.325 e. The van der Waals surface area contributed by atoms with Crippen molar-refractivity contribution >= 4 is 17.7 Å². The van der Waals surface area contributed by atoms with Gasteiger partial charge in [-0.2, -0.15) is 0 Å². The van der Waals surface area contributed by atoms with Crippen molar-refractivity contribution in [3.63, 3.8) is 0 Å². The predicted octanol–water partition coefficient (Wildman–Crippen LogP) is -1.24. The first-order chi connectivity index (χ1) is 11.4. The van der Waals surface area contributed by atoms with Gasteiger partial charge in [-0.15, -0.1) is 0 Å². The van der Waals surface area contributed by atoms with E-state index in [2.05, 4.69) is 20.9 Å². The number of nitrogens with one attached hydrogen (secondary N) is 4. The molecule has 0 unspecified atom stereocenters. The van der Waals surface area contributed by atoms with E-state index in [0.717, 1.165) is 6.42 Å². The van der Waals surface area contributed by atoms with Gasteiger partial charge in [-0.3, -0.25) is 19.0 Å². The summed E-state index contributed by atoms with van der Waals surface area (Å²) in [5, 5.41) is 8.42. The van der Waals surface area contributed by atoms with Gasteiger partial charge in [0, 0.05) is 31.7 Å². The molecule has 2 fully saturated rings. The van der Waals surface area contributed by atoms with E-state index in [0.29, 0.717) is 25.7 Å². The molecule has 24 heavy (non-hydrogen) atoms. The molecule has 4 N–H and O–H groups in total. The molecule has 2 aliphatic rings. The second-order valence-corrected chi connectivity index (χ2v) is 6.40. The Hall–Kier alpha value is -2.58. The summed E-state index contributed by atoms with van der Waals surface area (Å²) in [6.45, 7) is 0. The minimum atomic E-state index is -0.450. The molecule has 0 spiro atoms. The molecule has 9 heteroatoms. The second-order valence-electron chi connectivity index (χ2n) is 6.40. The molecule has 0 aromatic carbocycles. The van der Waals surface area contributed by atoms with Crippen LogP contribution >= 0.6 is 0 Å². The van der Waals surface area contributed by atoms with E-state index < -0.39 is 6.04 Å². The molecule has 3 rings (SSSR count). The second kappa shape index (κ2) is 6.50. The number of piperidine rings is 1. The number of H-pyrrole nitrogens is 1. The van der Waals surface area contributed by atoms with Crippen molar-refractivity contribution in [2.75, 3.05) is 0 Å². The highest BCUT2D eigenvalue weighted by Gasteiger charge is 2.34. The van der Waals surface area contributed by atoms with Crippen molar-refractivity contribution in [2.24, 2.45) is 7.05 Å². The summed E-state index contributed by atoms with van der Waals surface area (Å²) in [5.41, 5.74) is -0.0640. The van der Waals surface area contributed by atoms with E-state index in [9.17, 15) is 19.2 Å². The highest BCUT2D eigenvalue weighted by Crippen LogP contribution is 2.21. The summed E-state index contributed by atoms with van der Waals surface area (Å²) in [6, 6.07) is -0.486. The van der Waals surface area contributed by atoms with Crippen molar-refractivity contribution in [3.8, 4) is 0 Å². The Morgan fingerprint density at radius 3 is 2.54 bits per heavy atom. The third-order valence-corrected chi connectivity index (χ3v) is 4.60. The van der Waals surface area contributed by atoms with Crippen LogP contribution in [0.2, 0.25) is 0 Å². The maximum atomic E-state index is 12.1. The molecule has 0 radical (unpaired) electrons. The Labute approximate surface area is 138 Å². The summed E-state index contributed by atoms with van der Waals surface area (Å²) < 4.78 is 1.25. The lowest BCUT2D eigenvalue weighted by Gasteiger charge is -2.37. The molecule has 3 amide bonds. The third-order valence-electron chi connectivity index (χ3n) is 4.60. The standard InChI is InChI=1S/C15H21N5O4/c1-20-11(7-16-15(20)24)14(23)18-9-5-8(6-9)17-13(22)10-3-2-4-12(21)19-10/h7-10H,2-6H2,1H3,(H,16,24)(H,17,22)(H,18,23)(H,19,21)/t8?,9?,10-/m1/s1. The summed E-state index contributed by atoms with van der Waals surface area (Å²) >= 11 is 0. The van der Waals surface area contributed by atoms with Gasteiger partial charge in [-0.1, -0.05) is 0 Å². The first kappa shape index (κ1) is 16.3. The first-order valence-electron chi connectivity index (χ1n) is 8.09. The number of imidazole rings is 1. The van der Waals surface area contributed by atoms with E-state index >= 15 is 0 Å². The number of rotatable bonds is 4. The fourth-order valence-electron chi connectivity index (χ4n) is 3.07. The van der Waals surface area contributed by atoms with Crippen molar-refractivity contribution in [2.45, 2.75) is 50.2 Å². The molecule has 1 aliphatic heterocycles. The van der Waals surface area contributed by atoms with Crippen molar-refractivity contribution in [1.29, 1.82) is 0 Å². The van der Waals surface area contributed by atoms with Gasteiger partial charge >= 0.3 is 5.69 Å². The number of aromatic amines is 1. The summed E-state index contributed by atoms with van der Waals surface area (Å²) in [4.78, 5) is 49.2. The summed E-state index contributed by atoms with van der Waals surface area (Å²) in [5.74, 6) is -0.562. The van der Waals surface area contributed by atoms with Crippen LogP contribution in [0.3, 0.4) is 0 Å². The Morgan fingerprint density at radius 1 is 1.21 bits per heavy atom. The topological polar surface area (TPSA) is 125 Å². The molecule has 130 valence electrons. The van der Waals surface area contributed by atoms with Crippen molar-refractivity contribution in [1.82, 2.24) is 25.5 Å². The van der Waals surface area contributed by atoms with Crippen LogP contribution in [0.4, 0.5) is 0 Å². The van der Waals surface area contributed by atoms with Gasteiger partial charge in [0.15, 0.2) is 0 Å². The number of aromatic nitrogens is 2. The SMILES string of the molecule is Cn1c(C(=O)NC2CC(NC(=O)[C@H]3CCCC(=O)N3)C2)c[nH]c1=O. The van der Waals surface area contributed by atoms with E-state index in [4.69, 9.17) is 0 Å². The first-order valence-corrected chi connectivity index (χ1v) is 8.09. The highest BCUT2D eigenvalue weighted by atomic mass is 16.2. The van der Waals surface area contributed by atoms with Crippen LogP contribution in [0.1, 0.15) is 42.6 Å². The fourth-order valence-corrected chi connectivity index (χ4v) is 3.07. The average molecular weight is 335 g/mol. The zero-order valence-electron chi connectivity index (χ0n) is 13.4. The van der Waals surface area contributed by atoms with Crippen LogP contribution in [0.25, 0.3) is 0 Å². The van der Waals surface area contributed by atoms with Gasteiger partial charge in [0.05, 0.1) is 0 Å². The Morgan fingerprint density at radius 2 is 1.92 bits per heavy atom. The molecule has 1 aromatic rings. The van der Waals surface area contributed by atoms with Crippen LogP contribution < -0.4 is 21.6 Å². The number of nitrogens with zero attached hydrogens (tertiary/aromatic N) is 1. The van der Waals surface area contributed by atoms with Crippen molar-refractivity contribution < 1.29 is 14.4 Å². The summed E-state index contributed by atoms with van der Waals surface area (Å²) in [6.07, 6.45) is 4.51. The van der Waals surface area contributed by atoms with E-state index in [1.165, 1.54) is 17.8 Å². The number of carbonyl (C=O) groups is 3. The van der Waals surface area contributed by atoms with Gasteiger partial charge in [-0.25, -0.2) is 4.79 Å². The average Bonchev–Trinajstić information content (AvgIpc) is 2.84. The van der Waals surface area contributed by atoms with Gasteiger partial charge in [0.1, 0.15) is 11.7 Å². The zero-order chi connectivity index (χ0) is 17.3. The molecule has 1 atom stereocenters. The van der Waals surface area contributed by atoms with Crippen LogP contribution in [0.15, 0.2) is 11.0 Å². The molecule has 9 nitrogen and oxygen atoms in total. The molecule has 1 saturated carbocycles. The minimum absolute atomic E-state index is 0.00308. The normalized spacial score (nSPS) is 26.2. The molecular weight excluding hydrogens is 314 g/mol. The van der Waals surface area contributed by atoms with E-state index in [1.54, 1.807) is 0 Å². The number of hydrogen-bond acceptors (Lipinski definition) is 4.